The van der Waals surface area contributed by atoms with E-state index < -0.39 is 0 Å². The maximum Gasteiger partial charge on any atom is 0.305 e. The van der Waals surface area contributed by atoms with Crippen LogP contribution in [0.15, 0.2) is 24.3 Å². The van der Waals surface area contributed by atoms with Gasteiger partial charge in [-0.1, -0.05) is 51.2 Å². The van der Waals surface area contributed by atoms with Crippen molar-refractivity contribution in [1.82, 2.24) is 0 Å². The zero-order valence-electron chi connectivity index (χ0n) is 14.8. The molecular weight excluding hydrogens is 288 g/mol. The van der Waals surface area contributed by atoms with E-state index in [1.165, 1.54) is 44.8 Å². The number of carbonyl (C=O) groups excluding carboxylic acids is 1. The van der Waals surface area contributed by atoms with Gasteiger partial charge in [0.1, 0.15) is 5.75 Å². The monoisotopic (exact) mass is 320 g/mol. The fraction of sp³-hybridized carbons (Fsp3) is 0.650. The SMILES string of the molecule is CCCCCCCCOc1ccc(CCCCC(=O)OC)cc1. The molecule has 0 unspecified atom stereocenters. The third kappa shape index (κ3) is 9.98. The number of rotatable bonds is 13. The summed E-state index contributed by atoms with van der Waals surface area (Å²) in [5.74, 6) is 0.834. The largest absolute Gasteiger partial charge is 0.494 e. The molecule has 1 aromatic carbocycles. The first-order valence-corrected chi connectivity index (χ1v) is 9.04. The van der Waals surface area contributed by atoms with Crippen LogP contribution >= 0.6 is 0 Å². The summed E-state index contributed by atoms with van der Waals surface area (Å²) in [4.78, 5) is 11.0. The summed E-state index contributed by atoms with van der Waals surface area (Å²) in [6.07, 6.45) is 11.1. The molecule has 0 amide bonds. The van der Waals surface area contributed by atoms with Crippen molar-refractivity contribution in [3.63, 3.8) is 0 Å². The van der Waals surface area contributed by atoms with Crippen LogP contribution in [-0.4, -0.2) is 19.7 Å². The molecule has 0 aromatic heterocycles. The third-order valence-electron chi connectivity index (χ3n) is 4.01. The van der Waals surface area contributed by atoms with Gasteiger partial charge in [-0.2, -0.15) is 0 Å². The Morgan fingerprint density at radius 3 is 2.30 bits per heavy atom. The molecule has 0 fully saturated rings. The van der Waals surface area contributed by atoms with E-state index in [1.54, 1.807) is 0 Å². The molecule has 130 valence electrons. The molecule has 1 rings (SSSR count). The number of hydrogen-bond acceptors (Lipinski definition) is 3. The number of esters is 1. The van der Waals surface area contributed by atoms with Crippen LogP contribution in [0.25, 0.3) is 0 Å². The van der Waals surface area contributed by atoms with Crippen LogP contribution in [0, 0.1) is 0 Å². The average Bonchev–Trinajstić information content (AvgIpc) is 2.59. The van der Waals surface area contributed by atoms with E-state index in [-0.39, 0.29) is 5.97 Å². The fourth-order valence-corrected chi connectivity index (χ4v) is 2.53. The quantitative estimate of drug-likeness (QED) is 0.365. The molecule has 0 aliphatic carbocycles. The number of ether oxygens (including phenoxy) is 2. The summed E-state index contributed by atoms with van der Waals surface area (Å²) in [6, 6.07) is 8.34. The molecule has 0 atom stereocenters. The first-order chi connectivity index (χ1) is 11.3. The lowest BCUT2D eigenvalue weighted by atomic mass is 10.1. The number of hydrogen-bond donors (Lipinski definition) is 0. The maximum absolute atomic E-state index is 11.0. The van der Waals surface area contributed by atoms with Crippen molar-refractivity contribution >= 4 is 5.97 Å². The predicted molar refractivity (Wildman–Crippen MR) is 94.9 cm³/mol. The summed E-state index contributed by atoms with van der Waals surface area (Å²) in [7, 11) is 1.44. The average molecular weight is 320 g/mol. The van der Waals surface area contributed by atoms with E-state index in [9.17, 15) is 4.79 Å². The van der Waals surface area contributed by atoms with Gasteiger partial charge >= 0.3 is 5.97 Å². The molecule has 3 heteroatoms. The van der Waals surface area contributed by atoms with Crippen LogP contribution in [0.3, 0.4) is 0 Å². The molecule has 0 N–H and O–H groups in total. The van der Waals surface area contributed by atoms with Gasteiger partial charge in [-0.05, 0) is 43.4 Å². The number of benzene rings is 1. The summed E-state index contributed by atoms with van der Waals surface area (Å²) in [6.45, 7) is 3.05. The van der Waals surface area contributed by atoms with Crippen molar-refractivity contribution in [2.75, 3.05) is 13.7 Å². The van der Waals surface area contributed by atoms with E-state index in [2.05, 4.69) is 23.8 Å². The van der Waals surface area contributed by atoms with Gasteiger partial charge in [-0.15, -0.1) is 0 Å². The van der Waals surface area contributed by atoms with Crippen molar-refractivity contribution in [2.24, 2.45) is 0 Å². The molecule has 0 spiro atoms. The van der Waals surface area contributed by atoms with E-state index in [4.69, 9.17) is 4.74 Å². The van der Waals surface area contributed by atoms with Gasteiger partial charge in [-0.3, -0.25) is 4.79 Å². The molecule has 23 heavy (non-hydrogen) atoms. The summed E-state index contributed by atoms with van der Waals surface area (Å²) >= 11 is 0. The van der Waals surface area contributed by atoms with Crippen LogP contribution < -0.4 is 4.74 Å². The second-order valence-corrected chi connectivity index (χ2v) is 6.04. The van der Waals surface area contributed by atoms with Gasteiger partial charge in [0.05, 0.1) is 13.7 Å². The smallest absolute Gasteiger partial charge is 0.305 e. The van der Waals surface area contributed by atoms with Crippen LogP contribution in [0.5, 0.6) is 5.75 Å². The van der Waals surface area contributed by atoms with E-state index in [0.29, 0.717) is 6.42 Å². The number of methoxy groups -OCH3 is 1. The second-order valence-electron chi connectivity index (χ2n) is 6.04. The zero-order chi connectivity index (χ0) is 16.8. The summed E-state index contributed by atoms with van der Waals surface area (Å²) in [5.41, 5.74) is 1.29. The van der Waals surface area contributed by atoms with E-state index >= 15 is 0 Å². The molecule has 1 aromatic rings. The Kier molecular flexibility index (Phi) is 11.0. The van der Waals surface area contributed by atoms with Crippen LogP contribution in [0.4, 0.5) is 0 Å². The van der Waals surface area contributed by atoms with Crippen molar-refractivity contribution in [2.45, 2.75) is 71.1 Å². The standard InChI is InChI=1S/C20H32O3/c1-3-4-5-6-7-10-17-23-19-15-13-18(14-16-19)11-8-9-12-20(21)22-2/h13-16H,3-12,17H2,1-2H3. The van der Waals surface area contributed by atoms with Crippen LogP contribution in [0.1, 0.15) is 70.3 Å². The number of aryl methyl sites for hydroxylation is 1. The lowest BCUT2D eigenvalue weighted by molar-refractivity contribution is -0.140. The highest BCUT2D eigenvalue weighted by atomic mass is 16.5. The topological polar surface area (TPSA) is 35.5 Å². The van der Waals surface area contributed by atoms with Gasteiger partial charge < -0.3 is 9.47 Å². The minimum absolute atomic E-state index is 0.122. The molecular formula is C20H32O3. The maximum atomic E-state index is 11.0. The Labute approximate surface area is 141 Å². The van der Waals surface area contributed by atoms with Crippen LogP contribution in [-0.2, 0) is 16.0 Å². The fourth-order valence-electron chi connectivity index (χ4n) is 2.53. The van der Waals surface area contributed by atoms with Crippen molar-refractivity contribution in [1.29, 1.82) is 0 Å². The molecule has 0 aliphatic rings. The van der Waals surface area contributed by atoms with Crippen LogP contribution in [0.2, 0.25) is 0 Å². The van der Waals surface area contributed by atoms with E-state index in [0.717, 1.165) is 38.0 Å². The highest BCUT2D eigenvalue weighted by Gasteiger charge is 2.01. The Morgan fingerprint density at radius 1 is 0.913 bits per heavy atom. The normalized spacial score (nSPS) is 10.5. The molecule has 0 saturated carbocycles. The second kappa shape index (κ2) is 13.0. The summed E-state index contributed by atoms with van der Waals surface area (Å²) < 4.78 is 10.4. The lowest BCUT2D eigenvalue weighted by Crippen LogP contribution is -2.00. The highest BCUT2D eigenvalue weighted by molar-refractivity contribution is 5.68. The molecule has 0 aliphatic heterocycles. The van der Waals surface area contributed by atoms with Gasteiger partial charge in [0.25, 0.3) is 0 Å². The molecule has 3 nitrogen and oxygen atoms in total. The minimum atomic E-state index is -0.122. The first kappa shape index (κ1) is 19.5. The van der Waals surface area contributed by atoms with E-state index in [1.807, 2.05) is 12.1 Å². The van der Waals surface area contributed by atoms with Gasteiger partial charge in [0.15, 0.2) is 0 Å². The van der Waals surface area contributed by atoms with Gasteiger partial charge in [0, 0.05) is 6.42 Å². The highest BCUT2D eigenvalue weighted by Crippen LogP contribution is 2.15. The predicted octanol–water partition coefficient (Wildman–Crippen LogP) is 5.31. The Hall–Kier alpha value is -1.51. The zero-order valence-corrected chi connectivity index (χ0v) is 14.8. The molecule has 0 heterocycles. The summed E-state index contributed by atoms with van der Waals surface area (Å²) in [5, 5.41) is 0. The molecule has 0 bridgehead atoms. The number of carbonyl (C=O) groups is 1. The van der Waals surface area contributed by atoms with Crippen molar-refractivity contribution in [3.8, 4) is 5.75 Å². The van der Waals surface area contributed by atoms with Gasteiger partial charge in [0.2, 0.25) is 0 Å². The van der Waals surface area contributed by atoms with Gasteiger partial charge in [-0.25, -0.2) is 0 Å². The Bertz CT molecular complexity index is 411. The number of unbranched alkanes of at least 4 members (excludes halogenated alkanes) is 6. The lowest BCUT2D eigenvalue weighted by Gasteiger charge is -2.07. The minimum Gasteiger partial charge on any atom is -0.494 e. The Morgan fingerprint density at radius 2 is 1.61 bits per heavy atom. The first-order valence-electron chi connectivity index (χ1n) is 9.04. The Balaban J connectivity index is 2.09. The molecule has 0 radical (unpaired) electrons. The van der Waals surface area contributed by atoms with Crippen molar-refractivity contribution in [3.05, 3.63) is 29.8 Å². The third-order valence-corrected chi connectivity index (χ3v) is 4.01. The van der Waals surface area contributed by atoms with Crippen molar-refractivity contribution < 1.29 is 14.3 Å². The molecule has 0 saturated heterocycles.